The summed E-state index contributed by atoms with van der Waals surface area (Å²) in [5.74, 6) is -0.934. The summed E-state index contributed by atoms with van der Waals surface area (Å²) < 4.78 is 38.9. The zero-order chi connectivity index (χ0) is 25.3. The van der Waals surface area contributed by atoms with Crippen LogP contribution in [-0.2, 0) is 12.7 Å². The SMILES string of the molecule is O=C(Nc1ccc(C(=O)N2c3ccccc3CNc3ccccc32)cc1)c1cccc(C(F)(F)F)c1. The van der Waals surface area contributed by atoms with E-state index in [1.165, 1.54) is 12.1 Å². The number of para-hydroxylation sites is 3. The molecule has 5 rings (SSSR count). The number of amides is 2. The summed E-state index contributed by atoms with van der Waals surface area (Å²) in [5.41, 5.74) is 3.00. The quantitative estimate of drug-likeness (QED) is 0.332. The van der Waals surface area contributed by atoms with Gasteiger partial charge in [0.25, 0.3) is 11.8 Å². The first-order chi connectivity index (χ1) is 17.3. The second kappa shape index (κ2) is 9.22. The van der Waals surface area contributed by atoms with Crippen molar-refractivity contribution in [3.05, 3.63) is 119 Å². The van der Waals surface area contributed by atoms with Crippen LogP contribution in [0, 0.1) is 0 Å². The number of hydrogen-bond donors (Lipinski definition) is 2. The van der Waals surface area contributed by atoms with Crippen LogP contribution in [0.15, 0.2) is 97.1 Å². The molecule has 0 aromatic heterocycles. The number of nitrogens with one attached hydrogen (secondary N) is 2. The van der Waals surface area contributed by atoms with E-state index in [4.69, 9.17) is 0 Å². The molecule has 1 aliphatic heterocycles. The third-order valence-electron chi connectivity index (χ3n) is 5.89. The van der Waals surface area contributed by atoms with Crippen molar-refractivity contribution in [3.63, 3.8) is 0 Å². The van der Waals surface area contributed by atoms with Crippen LogP contribution in [0.25, 0.3) is 0 Å². The number of benzene rings is 4. The van der Waals surface area contributed by atoms with E-state index in [-0.39, 0.29) is 11.5 Å². The van der Waals surface area contributed by atoms with Gasteiger partial charge >= 0.3 is 6.18 Å². The Kier molecular flexibility index (Phi) is 5.93. The van der Waals surface area contributed by atoms with E-state index in [0.717, 1.165) is 34.8 Å². The number of carbonyl (C=O) groups excluding carboxylic acids is 2. The molecule has 0 fully saturated rings. The lowest BCUT2D eigenvalue weighted by molar-refractivity contribution is -0.137. The number of nitrogens with zero attached hydrogens (tertiary/aromatic N) is 1. The van der Waals surface area contributed by atoms with Crippen molar-refractivity contribution in [2.24, 2.45) is 0 Å². The summed E-state index contributed by atoms with van der Waals surface area (Å²) in [6.45, 7) is 0.567. The molecule has 8 heteroatoms. The summed E-state index contributed by atoms with van der Waals surface area (Å²) in [4.78, 5) is 27.8. The number of anilines is 4. The zero-order valence-corrected chi connectivity index (χ0v) is 18.8. The van der Waals surface area contributed by atoms with E-state index in [2.05, 4.69) is 10.6 Å². The van der Waals surface area contributed by atoms with E-state index in [9.17, 15) is 22.8 Å². The molecule has 0 bridgehead atoms. The molecule has 0 saturated carbocycles. The molecule has 0 aliphatic carbocycles. The fourth-order valence-corrected chi connectivity index (χ4v) is 4.10. The molecule has 4 aromatic rings. The van der Waals surface area contributed by atoms with Crippen molar-refractivity contribution >= 4 is 34.6 Å². The van der Waals surface area contributed by atoms with Crippen LogP contribution in [0.1, 0.15) is 31.8 Å². The minimum atomic E-state index is -4.54. The Balaban J connectivity index is 1.40. The molecule has 2 N–H and O–H groups in total. The summed E-state index contributed by atoms with van der Waals surface area (Å²) >= 11 is 0. The van der Waals surface area contributed by atoms with Gasteiger partial charge in [-0.05, 0) is 66.2 Å². The smallest absolute Gasteiger partial charge is 0.379 e. The van der Waals surface area contributed by atoms with Gasteiger partial charge in [-0.15, -0.1) is 0 Å². The van der Waals surface area contributed by atoms with Crippen LogP contribution in [-0.4, -0.2) is 11.8 Å². The minimum absolute atomic E-state index is 0.116. The van der Waals surface area contributed by atoms with Gasteiger partial charge in [0.15, 0.2) is 0 Å². The van der Waals surface area contributed by atoms with Gasteiger partial charge in [-0.3, -0.25) is 14.5 Å². The van der Waals surface area contributed by atoms with Gasteiger partial charge in [-0.2, -0.15) is 13.2 Å². The molecular formula is C28H20F3N3O2. The Morgan fingerprint density at radius 2 is 1.47 bits per heavy atom. The molecule has 4 aromatic carbocycles. The van der Waals surface area contributed by atoms with Gasteiger partial charge in [0.2, 0.25) is 0 Å². The van der Waals surface area contributed by atoms with Gasteiger partial charge in [-0.25, -0.2) is 0 Å². The topological polar surface area (TPSA) is 61.4 Å². The fourth-order valence-electron chi connectivity index (χ4n) is 4.10. The van der Waals surface area contributed by atoms with Crippen LogP contribution < -0.4 is 15.5 Å². The lowest BCUT2D eigenvalue weighted by Gasteiger charge is -2.24. The van der Waals surface area contributed by atoms with Gasteiger partial charge in [0, 0.05) is 23.4 Å². The lowest BCUT2D eigenvalue weighted by Crippen LogP contribution is -2.26. The average molecular weight is 487 g/mol. The zero-order valence-electron chi connectivity index (χ0n) is 18.8. The molecule has 0 radical (unpaired) electrons. The van der Waals surface area contributed by atoms with Crippen LogP contribution in [0.5, 0.6) is 0 Å². The van der Waals surface area contributed by atoms with Gasteiger partial charge in [0.1, 0.15) is 0 Å². The number of fused-ring (bicyclic) bond motifs is 2. The second-order valence-electron chi connectivity index (χ2n) is 8.25. The third kappa shape index (κ3) is 4.53. The predicted octanol–water partition coefficient (Wildman–Crippen LogP) is 6.86. The molecular weight excluding hydrogens is 467 g/mol. The molecule has 2 amide bonds. The van der Waals surface area contributed by atoms with Crippen LogP contribution >= 0.6 is 0 Å². The number of hydrogen-bond acceptors (Lipinski definition) is 3. The van der Waals surface area contributed by atoms with E-state index in [1.807, 2.05) is 48.5 Å². The van der Waals surface area contributed by atoms with E-state index < -0.39 is 17.6 Å². The number of alkyl halides is 3. The first-order valence-corrected chi connectivity index (χ1v) is 11.2. The van der Waals surface area contributed by atoms with Crippen molar-refractivity contribution in [3.8, 4) is 0 Å². The predicted molar refractivity (Wildman–Crippen MR) is 133 cm³/mol. The Morgan fingerprint density at radius 3 is 2.22 bits per heavy atom. The number of rotatable bonds is 3. The highest BCUT2D eigenvalue weighted by Crippen LogP contribution is 2.38. The monoisotopic (exact) mass is 487 g/mol. The Bertz CT molecular complexity index is 1400. The van der Waals surface area contributed by atoms with Crippen LogP contribution in [0.2, 0.25) is 0 Å². The molecule has 5 nitrogen and oxygen atoms in total. The molecule has 0 saturated heterocycles. The number of halogens is 3. The van der Waals surface area contributed by atoms with Crippen molar-refractivity contribution in [2.75, 3.05) is 15.5 Å². The second-order valence-corrected chi connectivity index (χ2v) is 8.25. The van der Waals surface area contributed by atoms with Gasteiger partial charge in [-0.1, -0.05) is 36.4 Å². The first kappa shape index (κ1) is 23.2. The maximum Gasteiger partial charge on any atom is 0.416 e. The van der Waals surface area contributed by atoms with E-state index in [1.54, 1.807) is 29.2 Å². The van der Waals surface area contributed by atoms with E-state index >= 15 is 0 Å². The molecule has 36 heavy (non-hydrogen) atoms. The fraction of sp³-hybridized carbons (Fsp3) is 0.0714. The molecule has 1 aliphatic rings. The summed E-state index contributed by atoms with van der Waals surface area (Å²) in [6.07, 6.45) is -4.54. The lowest BCUT2D eigenvalue weighted by atomic mass is 10.1. The molecule has 0 atom stereocenters. The van der Waals surface area contributed by atoms with Gasteiger partial charge in [0.05, 0.1) is 22.6 Å². The highest BCUT2D eigenvalue weighted by molar-refractivity contribution is 6.13. The first-order valence-electron chi connectivity index (χ1n) is 11.2. The third-order valence-corrected chi connectivity index (χ3v) is 5.89. The summed E-state index contributed by atoms with van der Waals surface area (Å²) in [6, 6.07) is 25.6. The molecule has 1 heterocycles. The Hall–Kier alpha value is -4.59. The molecule has 180 valence electrons. The van der Waals surface area contributed by atoms with Crippen molar-refractivity contribution in [1.29, 1.82) is 0 Å². The highest BCUT2D eigenvalue weighted by Gasteiger charge is 2.31. The summed E-state index contributed by atoms with van der Waals surface area (Å²) in [5, 5.41) is 5.95. The average Bonchev–Trinajstić information content (AvgIpc) is 3.05. The normalized spacial score (nSPS) is 12.6. The number of carbonyl (C=O) groups is 2. The minimum Gasteiger partial charge on any atom is -0.379 e. The maximum absolute atomic E-state index is 13.7. The maximum atomic E-state index is 13.7. The van der Waals surface area contributed by atoms with Crippen molar-refractivity contribution in [1.82, 2.24) is 0 Å². The summed E-state index contributed by atoms with van der Waals surface area (Å²) in [7, 11) is 0. The molecule has 0 spiro atoms. The van der Waals surface area contributed by atoms with Crippen molar-refractivity contribution in [2.45, 2.75) is 12.7 Å². The highest BCUT2D eigenvalue weighted by atomic mass is 19.4. The largest absolute Gasteiger partial charge is 0.416 e. The van der Waals surface area contributed by atoms with Crippen molar-refractivity contribution < 1.29 is 22.8 Å². The van der Waals surface area contributed by atoms with Crippen LogP contribution in [0.4, 0.5) is 35.9 Å². The van der Waals surface area contributed by atoms with Crippen LogP contribution in [0.3, 0.4) is 0 Å². The van der Waals surface area contributed by atoms with E-state index in [0.29, 0.717) is 17.8 Å². The Labute approximate surface area is 205 Å². The standard InChI is InChI=1S/C28H20F3N3O2/c29-28(30,31)21-8-5-7-19(16-21)26(35)33-22-14-12-18(13-15-22)27(36)34-24-10-3-1-6-20(24)17-32-23-9-2-4-11-25(23)34/h1-16,32H,17H2,(H,33,35). The Morgan fingerprint density at radius 1 is 0.778 bits per heavy atom. The van der Waals surface area contributed by atoms with Gasteiger partial charge < -0.3 is 10.6 Å². The molecule has 0 unspecified atom stereocenters.